The van der Waals surface area contributed by atoms with Gasteiger partial charge in [0.05, 0.1) is 12.0 Å². The number of hydrogen-bond acceptors (Lipinski definition) is 2. The van der Waals surface area contributed by atoms with E-state index in [-0.39, 0.29) is 5.92 Å². The molecular formula is C12H16N2. The summed E-state index contributed by atoms with van der Waals surface area (Å²) in [4.78, 5) is 0. The molecule has 14 heavy (non-hydrogen) atoms. The highest BCUT2D eigenvalue weighted by Crippen LogP contribution is 2.08. The minimum atomic E-state index is 0.125. The average Bonchev–Trinajstić information content (AvgIpc) is 2.25. The second-order valence-electron chi connectivity index (χ2n) is 3.41. The van der Waals surface area contributed by atoms with E-state index in [1.807, 2.05) is 25.2 Å². The Hall–Kier alpha value is -1.33. The maximum absolute atomic E-state index is 8.85. The van der Waals surface area contributed by atoms with E-state index in [0.29, 0.717) is 0 Å². The molecule has 0 saturated heterocycles. The summed E-state index contributed by atoms with van der Waals surface area (Å²) >= 11 is 0. The molecule has 0 fully saturated rings. The SMILES string of the molecule is CNCC(C#N)CCc1ccccc1. The molecule has 1 atom stereocenters. The summed E-state index contributed by atoms with van der Waals surface area (Å²) in [6.45, 7) is 0.781. The molecule has 0 saturated carbocycles. The van der Waals surface area contributed by atoms with Gasteiger partial charge in [0, 0.05) is 6.54 Å². The second-order valence-corrected chi connectivity index (χ2v) is 3.41. The molecule has 1 N–H and O–H groups in total. The van der Waals surface area contributed by atoms with Gasteiger partial charge in [-0.15, -0.1) is 0 Å². The molecule has 0 aromatic heterocycles. The monoisotopic (exact) mass is 188 g/mol. The lowest BCUT2D eigenvalue weighted by molar-refractivity contribution is 0.565. The van der Waals surface area contributed by atoms with E-state index in [2.05, 4.69) is 23.5 Å². The number of nitrogens with one attached hydrogen (secondary N) is 1. The summed E-state index contributed by atoms with van der Waals surface area (Å²) in [6.07, 6.45) is 1.92. The zero-order valence-electron chi connectivity index (χ0n) is 8.53. The Morgan fingerprint density at radius 1 is 1.36 bits per heavy atom. The van der Waals surface area contributed by atoms with E-state index < -0.39 is 0 Å². The van der Waals surface area contributed by atoms with Gasteiger partial charge in [-0.1, -0.05) is 30.3 Å². The molecule has 0 heterocycles. The van der Waals surface area contributed by atoms with Crippen LogP contribution < -0.4 is 5.32 Å². The quantitative estimate of drug-likeness (QED) is 0.767. The zero-order valence-corrected chi connectivity index (χ0v) is 8.53. The highest BCUT2D eigenvalue weighted by atomic mass is 14.8. The summed E-state index contributed by atoms with van der Waals surface area (Å²) in [7, 11) is 1.88. The largest absolute Gasteiger partial charge is 0.318 e. The number of nitrogens with zero attached hydrogens (tertiary/aromatic N) is 1. The van der Waals surface area contributed by atoms with Gasteiger partial charge in [0.2, 0.25) is 0 Å². The number of nitriles is 1. The van der Waals surface area contributed by atoms with Crippen molar-refractivity contribution in [1.29, 1.82) is 5.26 Å². The molecule has 0 bridgehead atoms. The van der Waals surface area contributed by atoms with Crippen molar-refractivity contribution in [3.8, 4) is 6.07 Å². The first-order valence-electron chi connectivity index (χ1n) is 4.95. The minimum absolute atomic E-state index is 0.125. The Labute approximate surface area is 85.6 Å². The fourth-order valence-corrected chi connectivity index (χ4v) is 1.44. The summed E-state index contributed by atoms with van der Waals surface area (Å²) < 4.78 is 0. The Bertz CT molecular complexity index is 287. The van der Waals surface area contributed by atoms with Crippen LogP contribution in [0.25, 0.3) is 0 Å². The third-order valence-corrected chi connectivity index (χ3v) is 2.26. The minimum Gasteiger partial charge on any atom is -0.318 e. The van der Waals surface area contributed by atoms with Gasteiger partial charge >= 0.3 is 0 Å². The van der Waals surface area contributed by atoms with Gasteiger partial charge in [-0.25, -0.2) is 0 Å². The van der Waals surface area contributed by atoms with E-state index in [9.17, 15) is 0 Å². The molecule has 0 amide bonds. The molecule has 1 aromatic rings. The van der Waals surface area contributed by atoms with Gasteiger partial charge in [0.1, 0.15) is 0 Å². The lowest BCUT2D eigenvalue weighted by Gasteiger charge is -2.07. The van der Waals surface area contributed by atoms with Crippen molar-refractivity contribution < 1.29 is 0 Å². The van der Waals surface area contributed by atoms with Crippen LogP contribution in [0.1, 0.15) is 12.0 Å². The van der Waals surface area contributed by atoms with Crippen LogP contribution in [0.5, 0.6) is 0 Å². The van der Waals surface area contributed by atoms with Gasteiger partial charge in [0.25, 0.3) is 0 Å². The fourth-order valence-electron chi connectivity index (χ4n) is 1.44. The predicted octanol–water partition coefficient (Wildman–Crippen LogP) is 1.98. The molecule has 0 spiro atoms. The van der Waals surface area contributed by atoms with Crippen LogP contribution in [0.2, 0.25) is 0 Å². The topological polar surface area (TPSA) is 35.8 Å². The first-order valence-corrected chi connectivity index (χ1v) is 4.95. The summed E-state index contributed by atoms with van der Waals surface area (Å²) in [5.41, 5.74) is 1.31. The van der Waals surface area contributed by atoms with Crippen LogP contribution in [0, 0.1) is 17.2 Å². The van der Waals surface area contributed by atoms with Crippen LogP contribution in [0.15, 0.2) is 30.3 Å². The summed E-state index contributed by atoms with van der Waals surface area (Å²) in [6, 6.07) is 12.6. The molecule has 0 aliphatic rings. The first kappa shape index (κ1) is 10.7. The van der Waals surface area contributed by atoms with Crippen LogP contribution in [0.3, 0.4) is 0 Å². The third-order valence-electron chi connectivity index (χ3n) is 2.26. The predicted molar refractivity (Wildman–Crippen MR) is 57.8 cm³/mol. The van der Waals surface area contributed by atoms with E-state index >= 15 is 0 Å². The fraction of sp³-hybridized carbons (Fsp3) is 0.417. The van der Waals surface area contributed by atoms with Gasteiger partial charge in [0.15, 0.2) is 0 Å². The molecule has 74 valence electrons. The molecule has 2 heteroatoms. The van der Waals surface area contributed by atoms with Crippen LogP contribution in [-0.2, 0) is 6.42 Å². The van der Waals surface area contributed by atoms with Crippen molar-refractivity contribution in [3.63, 3.8) is 0 Å². The Morgan fingerprint density at radius 2 is 2.07 bits per heavy atom. The normalized spacial score (nSPS) is 12.0. The second kappa shape index (κ2) is 6.17. The lowest BCUT2D eigenvalue weighted by Crippen LogP contribution is -2.17. The van der Waals surface area contributed by atoms with E-state index in [1.165, 1.54) is 5.56 Å². The van der Waals surface area contributed by atoms with E-state index in [1.54, 1.807) is 0 Å². The number of aryl methyl sites for hydroxylation is 1. The third kappa shape index (κ3) is 3.59. The van der Waals surface area contributed by atoms with Crippen LogP contribution in [-0.4, -0.2) is 13.6 Å². The zero-order chi connectivity index (χ0) is 10.2. The Balaban J connectivity index is 2.37. The lowest BCUT2D eigenvalue weighted by atomic mass is 10.0. The molecule has 1 aromatic carbocycles. The van der Waals surface area contributed by atoms with Crippen molar-refractivity contribution in [3.05, 3.63) is 35.9 Å². The molecule has 0 aliphatic heterocycles. The van der Waals surface area contributed by atoms with Gasteiger partial charge < -0.3 is 5.32 Å². The van der Waals surface area contributed by atoms with Crippen LogP contribution >= 0.6 is 0 Å². The first-order chi connectivity index (χ1) is 6.86. The van der Waals surface area contributed by atoms with Crippen LogP contribution in [0.4, 0.5) is 0 Å². The highest BCUT2D eigenvalue weighted by Gasteiger charge is 2.05. The van der Waals surface area contributed by atoms with Crippen molar-refractivity contribution >= 4 is 0 Å². The van der Waals surface area contributed by atoms with Gasteiger partial charge in [-0.3, -0.25) is 0 Å². The highest BCUT2D eigenvalue weighted by molar-refractivity contribution is 5.14. The standard InChI is InChI=1S/C12H16N2/c1-14-10-12(9-13)8-7-11-5-3-2-4-6-11/h2-6,12,14H,7-8,10H2,1H3. The molecule has 1 rings (SSSR count). The maximum Gasteiger partial charge on any atom is 0.0669 e. The molecular weight excluding hydrogens is 172 g/mol. The average molecular weight is 188 g/mol. The number of benzene rings is 1. The number of hydrogen-bond donors (Lipinski definition) is 1. The van der Waals surface area contributed by atoms with E-state index in [0.717, 1.165) is 19.4 Å². The smallest absolute Gasteiger partial charge is 0.0669 e. The maximum atomic E-state index is 8.85. The van der Waals surface area contributed by atoms with Gasteiger partial charge in [-0.05, 0) is 25.5 Å². The molecule has 0 radical (unpaired) electrons. The Morgan fingerprint density at radius 3 is 2.64 bits per heavy atom. The molecule has 1 unspecified atom stereocenters. The molecule has 2 nitrogen and oxygen atoms in total. The summed E-state index contributed by atoms with van der Waals surface area (Å²) in [5, 5.41) is 11.9. The van der Waals surface area contributed by atoms with Gasteiger partial charge in [-0.2, -0.15) is 5.26 Å². The molecule has 0 aliphatic carbocycles. The Kier molecular flexibility index (Phi) is 4.74. The van der Waals surface area contributed by atoms with Crippen molar-refractivity contribution in [2.45, 2.75) is 12.8 Å². The summed E-state index contributed by atoms with van der Waals surface area (Å²) in [5.74, 6) is 0.125. The van der Waals surface area contributed by atoms with Crippen molar-refractivity contribution in [1.82, 2.24) is 5.32 Å². The van der Waals surface area contributed by atoms with Crippen molar-refractivity contribution in [2.24, 2.45) is 5.92 Å². The number of rotatable bonds is 5. The van der Waals surface area contributed by atoms with E-state index in [4.69, 9.17) is 5.26 Å². The van der Waals surface area contributed by atoms with Crippen molar-refractivity contribution in [2.75, 3.05) is 13.6 Å².